The number of nitrogens with zero attached hydrogens (tertiary/aromatic N) is 4. The second kappa shape index (κ2) is 8.30. The summed E-state index contributed by atoms with van der Waals surface area (Å²) in [5, 5.41) is 15.8. The number of hydrogen-bond acceptors (Lipinski definition) is 6. The highest BCUT2D eigenvalue weighted by molar-refractivity contribution is 5.81. The number of anilines is 1. The number of carbonyl (C=O) groups excluding carboxylic acids is 1. The molecule has 26 heavy (non-hydrogen) atoms. The van der Waals surface area contributed by atoms with Crippen LogP contribution in [0.25, 0.3) is 5.57 Å². The van der Waals surface area contributed by atoms with Crippen LogP contribution in [0.1, 0.15) is 30.5 Å². The lowest BCUT2D eigenvalue weighted by Crippen LogP contribution is -2.27. The first-order chi connectivity index (χ1) is 12.7. The summed E-state index contributed by atoms with van der Waals surface area (Å²) in [5.41, 5.74) is 2.65. The maximum Gasteiger partial charge on any atom is 0.223 e. The fourth-order valence-corrected chi connectivity index (χ4v) is 2.98. The van der Waals surface area contributed by atoms with Crippen molar-refractivity contribution in [3.8, 4) is 6.07 Å². The van der Waals surface area contributed by atoms with Gasteiger partial charge in [-0.25, -0.2) is 9.97 Å². The molecule has 2 aliphatic heterocycles. The van der Waals surface area contributed by atoms with Gasteiger partial charge in [0, 0.05) is 38.5 Å². The molecule has 7 nitrogen and oxygen atoms in total. The number of nitrogens with one attached hydrogen (secondary N) is 2. The van der Waals surface area contributed by atoms with Crippen LogP contribution >= 0.6 is 0 Å². The molecule has 3 rings (SSSR count). The number of hydrogen-bond donors (Lipinski definition) is 2. The molecule has 1 aromatic heterocycles. The number of aromatic nitrogens is 2. The van der Waals surface area contributed by atoms with Gasteiger partial charge in [-0.15, -0.1) is 0 Å². The van der Waals surface area contributed by atoms with Crippen molar-refractivity contribution < 1.29 is 4.79 Å². The second-order valence-electron chi connectivity index (χ2n) is 6.25. The third kappa shape index (κ3) is 4.09. The molecule has 1 saturated heterocycles. The van der Waals surface area contributed by atoms with E-state index in [0.29, 0.717) is 30.2 Å². The molecule has 0 aliphatic carbocycles. The van der Waals surface area contributed by atoms with Gasteiger partial charge in [0.05, 0.1) is 11.4 Å². The van der Waals surface area contributed by atoms with E-state index in [1.54, 1.807) is 12.4 Å². The van der Waals surface area contributed by atoms with Crippen LogP contribution < -0.4 is 10.6 Å². The number of rotatable bonds is 6. The SMILES string of the molecule is Cc1cnc(NCCCN2CCCC2=O)nc1/C(C#N)=C1/C=CC=CN1. The van der Waals surface area contributed by atoms with Crippen molar-refractivity contribution in [3.63, 3.8) is 0 Å². The van der Waals surface area contributed by atoms with E-state index in [-0.39, 0.29) is 5.91 Å². The minimum absolute atomic E-state index is 0.242. The van der Waals surface area contributed by atoms with Gasteiger partial charge in [0.1, 0.15) is 11.6 Å². The lowest BCUT2D eigenvalue weighted by molar-refractivity contribution is -0.127. The molecule has 0 radical (unpaired) electrons. The Morgan fingerprint density at radius 1 is 1.46 bits per heavy atom. The van der Waals surface area contributed by atoms with Crippen molar-refractivity contribution in [2.75, 3.05) is 25.0 Å². The van der Waals surface area contributed by atoms with E-state index in [9.17, 15) is 10.1 Å². The number of dihydropyridines is 1. The Labute approximate surface area is 153 Å². The summed E-state index contributed by atoms with van der Waals surface area (Å²) in [5.74, 6) is 0.730. The van der Waals surface area contributed by atoms with E-state index >= 15 is 0 Å². The zero-order valence-electron chi connectivity index (χ0n) is 14.8. The maximum atomic E-state index is 11.6. The van der Waals surface area contributed by atoms with Crippen molar-refractivity contribution >= 4 is 17.4 Å². The van der Waals surface area contributed by atoms with Crippen LogP contribution in [0.2, 0.25) is 0 Å². The highest BCUT2D eigenvalue weighted by Crippen LogP contribution is 2.21. The fraction of sp³-hybridized carbons (Fsp3) is 0.368. The van der Waals surface area contributed by atoms with E-state index in [4.69, 9.17) is 0 Å². The van der Waals surface area contributed by atoms with Gasteiger partial charge in [0.2, 0.25) is 11.9 Å². The first-order valence-corrected chi connectivity index (χ1v) is 8.79. The van der Waals surface area contributed by atoms with E-state index in [2.05, 4.69) is 26.7 Å². The third-order valence-corrected chi connectivity index (χ3v) is 4.36. The van der Waals surface area contributed by atoms with Crippen LogP contribution in [-0.4, -0.2) is 40.4 Å². The number of likely N-dealkylation sites (tertiary alicyclic amines) is 1. The van der Waals surface area contributed by atoms with Crippen LogP contribution in [0.15, 0.2) is 36.3 Å². The zero-order chi connectivity index (χ0) is 18.4. The number of aryl methyl sites for hydroxylation is 1. The van der Waals surface area contributed by atoms with Crippen LogP contribution in [0.4, 0.5) is 5.95 Å². The van der Waals surface area contributed by atoms with Crippen LogP contribution in [0.5, 0.6) is 0 Å². The standard InChI is InChI=1S/C19H22N6O/c1-14-13-23-19(22-9-5-11-25-10-4-7-17(25)26)24-18(14)15(12-20)16-6-2-3-8-21-16/h2-3,6,8,13,21H,4-5,7,9-11H2,1H3,(H,22,23,24)/b16-15-. The van der Waals surface area contributed by atoms with E-state index in [0.717, 1.165) is 37.2 Å². The summed E-state index contributed by atoms with van der Waals surface area (Å²) < 4.78 is 0. The Morgan fingerprint density at radius 3 is 3.04 bits per heavy atom. The average Bonchev–Trinajstić information content (AvgIpc) is 3.07. The van der Waals surface area contributed by atoms with E-state index in [1.807, 2.05) is 30.1 Å². The van der Waals surface area contributed by atoms with Gasteiger partial charge in [-0.05, 0) is 37.5 Å². The van der Waals surface area contributed by atoms with Crippen LogP contribution in [0, 0.1) is 18.3 Å². The highest BCUT2D eigenvalue weighted by Gasteiger charge is 2.19. The summed E-state index contributed by atoms with van der Waals surface area (Å²) in [7, 11) is 0. The third-order valence-electron chi connectivity index (χ3n) is 4.36. The van der Waals surface area contributed by atoms with Crippen molar-refractivity contribution in [1.29, 1.82) is 5.26 Å². The molecule has 2 aliphatic rings. The summed E-state index contributed by atoms with van der Waals surface area (Å²) in [6.45, 7) is 4.17. The molecule has 0 spiro atoms. The molecule has 134 valence electrons. The molecule has 0 saturated carbocycles. The summed E-state index contributed by atoms with van der Waals surface area (Å²) in [6.07, 6.45) is 11.5. The van der Waals surface area contributed by atoms with Gasteiger partial charge in [-0.2, -0.15) is 5.26 Å². The molecule has 0 atom stereocenters. The molecule has 2 N–H and O–H groups in total. The summed E-state index contributed by atoms with van der Waals surface area (Å²) in [6, 6.07) is 2.24. The summed E-state index contributed by atoms with van der Waals surface area (Å²) in [4.78, 5) is 22.3. The minimum atomic E-state index is 0.242. The fourth-order valence-electron chi connectivity index (χ4n) is 2.98. The molecule has 0 unspecified atom stereocenters. The minimum Gasteiger partial charge on any atom is -0.361 e. The molecule has 1 amide bonds. The first kappa shape index (κ1) is 17.7. The molecular formula is C19H22N6O. The van der Waals surface area contributed by atoms with Gasteiger partial charge in [-0.3, -0.25) is 4.79 Å². The van der Waals surface area contributed by atoms with Gasteiger partial charge < -0.3 is 15.5 Å². The normalized spacial score (nSPS) is 17.8. The van der Waals surface area contributed by atoms with Crippen LogP contribution in [0.3, 0.4) is 0 Å². The lowest BCUT2D eigenvalue weighted by Gasteiger charge is -2.15. The number of allylic oxidation sites excluding steroid dienone is 4. The van der Waals surface area contributed by atoms with Crippen molar-refractivity contribution in [1.82, 2.24) is 20.2 Å². The predicted octanol–water partition coefficient (Wildman–Crippen LogP) is 2.12. The van der Waals surface area contributed by atoms with Crippen molar-refractivity contribution in [3.05, 3.63) is 47.6 Å². The Morgan fingerprint density at radius 2 is 2.35 bits per heavy atom. The molecule has 7 heteroatoms. The highest BCUT2D eigenvalue weighted by atomic mass is 16.2. The molecule has 1 fully saturated rings. The molecule has 0 aromatic carbocycles. The number of amides is 1. The lowest BCUT2D eigenvalue weighted by atomic mass is 10.1. The van der Waals surface area contributed by atoms with E-state index in [1.165, 1.54) is 0 Å². The van der Waals surface area contributed by atoms with Crippen molar-refractivity contribution in [2.45, 2.75) is 26.2 Å². The molecule has 1 aromatic rings. The largest absolute Gasteiger partial charge is 0.361 e. The van der Waals surface area contributed by atoms with E-state index < -0.39 is 0 Å². The Hall–Kier alpha value is -3.14. The smallest absolute Gasteiger partial charge is 0.223 e. The molecule has 0 bridgehead atoms. The van der Waals surface area contributed by atoms with Gasteiger partial charge >= 0.3 is 0 Å². The Bertz CT molecular complexity index is 818. The van der Waals surface area contributed by atoms with Gasteiger partial charge in [0.15, 0.2) is 0 Å². The predicted molar refractivity (Wildman–Crippen MR) is 99.6 cm³/mol. The monoisotopic (exact) mass is 350 g/mol. The topological polar surface area (TPSA) is 93.9 Å². The summed E-state index contributed by atoms with van der Waals surface area (Å²) >= 11 is 0. The maximum absolute atomic E-state index is 11.6. The molecular weight excluding hydrogens is 328 g/mol. The number of nitriles is 1. The number of carbonyl (C=O) groups is 1. The zero-order valence-corrected chi connectivity index (χ0v) is 14.8. The quantitative estimate of drug-likeness (QED) is 0.603. The van der Waals surface area contributed by atoms with Crippen molar-refractivity contribution in [2.24, 2.45) is 0 Å². The van der Waals surface area contributed by atoms with Crippen LogP contribution in [-0.2, 0) is 4.79 Å². The molecule has 3 heterocycles. The Balaban J connectivity index is 1.66. The first-order valence-electron chi connectivity index (χ1n) is 8.79. The van der Waals surface area contributed by atoms with Gasteiger partial charge in [0.25, 0.3) is 0 Å². The Kier molecular flexibility index (Phi) is 5.64. The average molecular weight is 350 g/mol. The van der Waals surface area contributed by atoms with Gasteiger partial charge in [-0.1, -0.05) is 6.08 Å². The second-order valence-corrected chi connectivity index (χ2v) is 6.25.